The van der Waals surface area contributed by atoms with E-state index < -0.39 is 17.8 Å². The number of halogens is 5. The second-order valence-electron chi connectivity index (χ2n) is 7.27. The maximum atomic E-state index is 13.8. The van der Waals surface area contributed by atoms with Gasteiger partial charge >= 0.3 is 6.18 Å². The first-order valence-corrected chi connectivity index (χ1v) is 10.5. The molecule has 1 amide bonds. The molecule has 0 spiro atoms. The fourth-order valence-corrected chi connectivity index (χ4v) is 3.58. The average Bonchev–Trinajstić information content (AvgIpc) is 3.35. The summed E-state index contributed by atoms with van der Waals surface area (Å²) in [7, 11) is 1.49. The number of carbonyl (C=O) groups excluding carboxylic acids is 1. The molecule has 0 saturated carbocycles. The summed E-state index contributed by atoms with van der Waals surface area (Å²) in [5, 5.41) is 9.01. The van der Waals surface area contributed by atoms with Gasteiger partial charge in [0.1, 0.15) is 5.69 Å². The first-order valence-electron chi connectivity index (χ1n) is 9.78. The number of aryl methyl sites for hydroxylation is 1. The van der Waals surface area contributed by atoms with Crippen LogP contribution >= 0.6 is 23.2 Å². The molecular weight excluding hydrogens is 480 g/mol. The van der Waals surface area contributed by atoms with Crippen LogP contribution in [0.1, 0.15) is 28.8 Å². The normalized spacial score (nSPS) is 11.8. The van der Waals surface area contributed by atoms with Gasteiger partial charge in [-0.15, -0.1) is 0 Å². The van der Waals surface area contributed by atoms with Crippen LogP contribution in [0, 0.1) is 0 Å². The van der Waals surface area contributed by atoms with Crippen LogP contribution in [0.2, 0.25) is 10.0 Å². The van der Waals surface area contributed by atoms with Crippen LogP contribution in [0.4, 0.5) is 13.2 Å². The molecule has 0 aliphatic carbocycles. The summed E-state index contributed by atoms with van der Waals surface area (Å²) in [6.45, 7) is 2.56. The summed E-state index contributed by atoms with van der Waals surface area (Å²) in [5.41, 5.74) is -0.355. The van der Waals surface area contributed by atoms with E-state index in [1.807, 2.05) is 6.92 Å². The zero-order chi connectivity index (χ0) is 23.9. The molecule has 3 heterocycles. The average molecular weight is 497 g/mol. The summed E-state index contributed by atoms with van der Waals surface area (Å²) in [4.78, 5) is 18.5. The molecule has 4 aromatic rings. The molecule has 7 nitrogen and oxygen atoms in total. The van der Waals surface area contributed by atoms with Crippen molar-refractivity contribution in [2.75, 3.05) is 7.05 Å². The van der Waals surface area contributed by atoms with Crippen LogP contribution in [-0.2, 0) is 19.3 Å². The lowest BCUT2D eigenvalue weighted by molar-refractivity contribution is -0.142. The Hall–Kier alpha value is -3.11. The Balaban J connectivity index is 1.72. The predicted octanol–water partition coefficient (Wildman–Crippen LogP) is 5.21. The monoisotopic (exact) mass is 496 g/mol. The van der Waals surface area contributed by atoms with Crippen molar-refractivity contribution < 1.29 is 18.0 Å². The Labute approximate surface area is 196 Å². The van der Waals surface area contributed by atoms with Crippen LogP contribution in [-0.4, -0.2) is 42.2 Å². The third-order valence-electron chi connectivity index (χ3n) is 4.92. The van der Waals surface area contributed by atoms with Gasteiger partial charge in [-0.3, -0.25) is 9.48 Å². The van der Waals surface area contributed by atoms with Gasteiger partial charge in [-0.2, -0.15) is 23.4 Å². The highest BCUT2D eigenvalue weighted by Crippen LogP contribution is 2.32. The second-order valence-corrected chi connectivity index (χ2v) is 8.12. The van der Waals surface area contributed by atoms with Crippen LogP contribution in [0.5, 0.6) is 0 Å². The molecule has 33 heavy (non-hydrogen) atoms. The molecule has 0 atom stereocenters. The largest absolute Gasteiger partial charge is 0.433 e. The van der Waals surface area contributed by atoms with Crippen molar-refractivity contribution >= 4 is 34.8 Å². The number of hydrogen-bond acceptors (Lipinski definition) is 4. The minimum Gasteiger partial charge on any atom is -0.334 e. The number of carbonyl (C=O) groups is 1. The van der Waals surface area contributed by atoms with Gasteiger partial charge in [0.25, 0.3) is 5.91 Å². The van der Waals surface area contributed by atoms with Crippen molar-refractivity contribution in [1.82, 2.24) is 29.3 Å². The van der Waals surface area contributed by atoms with Crippen molar-refractivity contribution in [3.05, 3.63) is 69.7 Å². The molecule has 3 aromatic heterocycles. The fourth-order valence-electron chi connectivity index (χ4n) is 3.25. The van der Waals surface area contributed by atoms with Crippen LogP contribution in [0.25, 0.3) is 16.9 Å². The summed E-state index contributed by atoms with van der Waals surface area (Å²) >= 11 is 12.0. The third kappa shape index (κ3) is 4.67. The smallest absolute Gasteiger partial charge is 0.334 e. The Bertz CT molecular complexity index is 1330. The van der Waals surface area contributed by atoms with Crippen LogP contribution in [0.3, 0.4) is 0 Å². The quantitative estimate of drug-likeness (QED) is 0.380. The summed E-state index contributed by atoms with van der Waals surface area (Å²) in [6.07, 6.45) is -3.08. The maximum Gasteiger partial charge on any atom is 0.433 e. The third-order valence-corrected chi connectivity index (χ3v) is 5.49. The minimum atomic E-state index is -4.72. The number of nitrogens with zero attached hydrogens (tertiary/aromatic N) is 6. The molecule has 0 unspecified atom stereocenters. The number of aromatic nitrogens is 5. The molecule has 4 rings (SSSR count). The molecule has 172 valence electrons. The lowest BCUT2D eigenvalue weighted by Crippen LogP contribution is -2.27. The highest BCUT2D eigenvalue weighted by Gasteiger charge is 2.36. The van der Waals surface area contributed by atoms with Crippen molar-refractivity contribution in [3.8, 4) is 11.3 Å². The standard InChI is InChI=1S/C21H17Cl2F3N6O/c1-3-31-10-14(23)17(28-31)11-30(2)20(33)16-9-19-27-15(12-4-6-13(22)7-5-12)8-18(21(24,25)26)32(19)29-16/h4-10H,3,11H2,1-2H3. The maximum absolute atomic E-state index is 13.8. The van der Waals surface area contributed by atoms with E-state index in [2.05, 4.69) is 15.2 Å². The molecule has 0 N–H and O–H groups in total. The topological polar surface area (TPSA) is 68.3 Å². The first kappa shape index (κ1) is 23.1. The highest BCUT2D eigenvalue weighted by atomic mass is 35.5. The minimum absolute atomic E-state index is 0.0636. The predicted molar refractivity (Wildman–Crippen MR) is 117 cm³/mol. The Morgan fingerprint density at radius 3 is 2.42 bits per heavy atom. The zero-order valence-electron chi connectivity index (χ0n) is 17.4. The fraction of sp³-hybridized carbons (Fsp3) is 0.238. The van der Waals surface area contributed by atoms with Gasteiger partial charge in [0.05, 0.1) is 17.3 Å². The molecule has 0 fully saturated rings. The lowest BCUT2D eigenvalue weighted by Gasteiger charge is -2.14. The first-order chi connectivity index (χ1) is 15.6. The zero-order valence-corrected chi connectivity index (χ0v) is 18.9. The Kier molecular flexibility index (Phi) is 6.06. The SMILES string of the molecule is CCn1cc(Cl)c(CN(C)C(=O)c2cc3nc(-c4ccc(Cl)cc4)cc(C(F)(F)F)n3n2)n1. The van der Waals surface area contributed by atoms with E-state index in [1.54, 1.807) is 35.1 Å². The Morgan fingerprint density at radius 1 is 1.12 bits per heavy atom. The number of fused-ring (bicyclic) bond motifs is 1. The van der Waals surface area contributed by atoms with E-state index in [-0.39, 0.29) is 23.6 Å². The summed E-state index contributed by atoms with van der Waals surface area (Å²) in [6, 6.07) is 8.36. The van der Waals surface area contributed by atoms with E-state index in [0.29, 0.717) is 32.4 Å². The Morgan fingerprint density at radius 2 is 1.82 bits per heavy atom. The second kappa shape index (κ2) is 8.68. The molecule has 0 bridgehead atoms. The number of amides is 1. The van der Waals surface area contributed by atoms with E-state index in [4.69, 9.17) is 23.2 Å². The van der Waals surface area contributed by atoms with Gasteiger partial charge in [0.2, 0.25) is 0 Å². The van der Waals surface area contributed by atoms with Gasteiger partial charge in [0.15, 0.2) is 17.0 Å². The van der Waals surface area contributed by atoms with E-state index >= 15 is 0 Å². The molecular formula is C21H17Cl2F3N6O. The van der Waals surface area contributed by atoms with Gasteiger partial charge in [0, 0.05) is 36.4 Å². The van der Waals surface area contributed by atoms with Crippen LogP contribution in [0.15, 0.2) is 42.6 Å². The molecule has 0 aliphatic heterocycles. The number of rotatable bonds is 5. The molecule has 12 heteroatoms. The number of benzene rings is 1. The molecule has 0 radical (unpaired) electrons. The highest BCUT2D eigenvalue weighted by molar-refractivity contribution is 6.31. The van der Waals surface area contributed by atoms with E-state index in [1.165, 1.54) is 18.0 Å². The van der Waals surface area contributed by atoms with Gasteiger partial charge in [-0.1, -0.05) is 35.3 Å². The van der Waals surface area contributed by atoms with Gasteiger partial charge in [-0.25, -0.2) is 9.50 Å². The van der Waals surface area contributed by atoms with Gasteiger partial charge < -0.3 is 4.90 Å². The summed E-state index contributed by atoms with van der Waals surface area (Å²) in [5.74, 6) is -0.594. The number of alkyl halides is 3. The van der Waals surface area contributed by atoms with Crippen molar-refractivity contribution in [2.45, 2.75) is 26.2 Å². The van der Waals surface area contributed by atoms with E-state index in [0.717, 1.165) is 6.07 Å². The van der Waals surface area contributed by atoms with Crippen LogP contribution < -0.4 is 0 Å². The van der Waals surface area contributed by atoms with Crippen molar-refractivity contribution in [1.29, 1.82) is 0 Å². The lowest BCUT2D eigenvalue weighted by atomic mass is 10.1. The number of hydrogen-bond donors (Lipinski definition) is 0. The summed E-state index contributed by atoms with van der Waals surface area (Å²) < 4.78 is 43.6. The molecule has 0 saturated heterocycles. The van der Waals surface area contributed by atoms with Crippen molar-refractivity contribution in [2.24, 2.45) is 0 Å². The van der Waals surface area contributed by atoms with Gasteiger partial charge in [-0.05, 0) is 25.1 Å². The van der Waals surface area contributed by atoms with E-state index in [9.17, 15) is 18.0 Å². The molecule has 1 aromatic carbocycles. The molecule has 0 aliphatic rings. The van der Waals surface area contributed by atoms with Crippen molar-refractivity contribution in [3.63, 3.8) is 0 Å².